The van der Waals surface area contributed by atoms with Crippen LogP contribution in [0.3, 0.4) is 0 Å². The number of nitro benzene ring substituents is 1. The quantitative estimate of drug-likeness (QED) is 0.569. The van der Waals surface area contributed by atoms with Gasteiger partial charge in [-0.1, -0.05) is 13.8 Å². The summed E-state index contributed by atoms with van der Waals surface area (Å²) in [6.07, 6.45) is 0. The van der Waals surface area contributed by atoms with E-state index in [9.17, 15) is 23.6 Å². The number of benzene rings is 1. The van der Waals surface area contributed by atoms with Crippen molar-refractivity contribution in [2.24, 2.45) is 5.92 Å². The Labute approximate surface area is 122 Å². The number of aliphatic hydroxyl groups is 1. The van der Waals surface area contributed by atoms with Crippen LogP contribution in [-0.4, -0.2) is 38.2 Å². The molecule has 0 saturated heterocycles. The third-order valence-electron chi connectivity index (χ3n) is 2.96. The molecule has 0 saturated carbocycles. The van der Waals surface area contributed by atoms with E-state index < -0.39 is 21.0 Å². The standard InChI is InChI=1S/C12H18N2O6S/c1-8(2)10(7-15)13-21(18,19)12-5-4-9(14(16)17)6-11(12)20-3/h4-6,8,10,13,15H,7H2,1-3H3. The summed E-state index contributed by atoms with van der Waals surface area (Å²) in [4.78, 5) is 9.84. The zero-order chi connectivity index (χ0) is 16.2. The normalized spacial score (nSPS) is 13.2. The minimum Gasteiger partial charge on any atom is -0.495 e. The fourth-order valence-corrected chi connectivity index (χ4v) is 3.17. The molecule has 1 atom stereocenters. The van der Waals surface area contributed by atoms with Crippen molar-refractivity contribution >= 4 is 15.7 Å². The number of nitro groups is 1. The van der Waals surface area contributed by atoms with Gasteiger partial charge in [-0.05, 0) is 12.0 Å². The van der Waals surface area contributed by atoms with E-state index in [1.165, 1.54) is 7.11 Å². The second-order valence-corrected chi connectivity index (χ2v) is 6.43. The van der Waals surface area contributed by atoms with Crippen LogP contribution in [-0.2, 0) is 10.0 Å². The van der Waals surface area contributed by atoms with Crippen molar-refractivity contribution in [2.45, 2.75) is 24.8 Å². The Balaban J connectivity index is 3.22. The topological polar surface area (TPSA) is 119 Å². The van der Waals surface area contributed by atoms with Gasteiger partial charge >= 0.3 is 0 Å². The lowest BCUT2D eigenvalue weighted by Gasteiger charge is -2.20. The van der Waals surface area contributed by atoms with Gasteiger partial charge in [0, 0.05) is 12.1 Å². The maximum absolute atomic E-state index is 12.3. The third-order valence-corrected chi connectivity index (χ3v) is 4.48. The lowest BCUT2D eigenvalue weighted by Crippen LogP contribution is -2.41. The van der Waals surface area contributed by atoms with Crippen molar-refractivity contribution in [1.29, 1.82) is 0 Å². The van der Waals surface area contributed by atoms with E-state index in [0.717, 1.165) is 18.2 Å². The predicted molar refractivity (Wildman–Crippen MR) is 75.7 cm³/mol. The third kappa shape index (κ3) is 4.13. The number of non-ortho nitro benzene ring substituents is 1. The van der Waals surface area contributed by atoms with Crippen LogP contribution in [0.2, 0.25) is 0 Å². The number of aliphatic hydroxyl groups excluding tert-OH is 1. The van der Waals surface area contributed by atoms with Crippen LogP contribution in [0.1, 0.15) is 13.8 Å². The van der Waals surface area contributed by atoms with Crippen molar-refractivity contribution in [2.75, 3.05) is 13.7 Å². The minimum absolute atomic E-state index is 0.117. The van der Waals surface area contributed by atoms with Crippen molar-refractivity contribution in [1.82, 2.24) is 4.72 Å². The molecule has 8 nitrogen and oxygen atoms in total. The summed E-state index contributed by atoms with van der Waals surface area (Å²) in [6, 6.07) is 2.57. The summed E-state index contributed by atoms with van der Waals surface area (Å²) in [5, 5.41) is 19.9. The molecule has 1 unspecified atom stereocenters. The van der Waals surface area contributed by atoms with Crippen LogP contribution in [0, 0.1) is 16.0 Å². The molecule has 0 aliphatic rings. The summed E-state index contributed by atoms with van der Waals surface area (Å²) in [5.74, 6) is -0.244. The van der Waals surface area contributed by atoms with Gasteiger partial charge in [-0.25, -0.2) is 13.1 Å². The first-order chi connectivity index (χ1) is 9.72. The molecular formula is C12H18N2O6S. The molecule has 0 spiro atoms. The van der Waals surface area contributed by atoms with E-state index in [4.69, 9.17) is 4.74 Å². The van der Waals surface area contributed by atoms with Crippen molar-refractivity contribution < 1.29 is 23.2 Å². The maximum atomic E-state index is 12.3. The predicted octanol–water partition coefficient (Wildman–Crippen LogP) is 0.899. The van der Waals surface area contributed by atoms with Gasteiger partial charge in [0.15, 0.2) is 0 Å². The molecule has 0 heterocycles. The average Bonchev–Trinajstić information content (AvgIpc) is 2.43. The molecule has 0 radical (unpaired) electrons. The first kappa shape index (κ1) is 17.3. The molecule has 9 heteroatoms. The van der Waals surface area contributed by atoms with Crippen molar-refractivity contribution in [3.63, 3.8) is 0 Å². The smallest absolute Gasteiger partial charge is 0.273 e. The summed E-state index contributed by atoms with van der Waals surface area (Å²) < 4.78 is 31.9. The number of nitrogens with one attached hydrogen (secondary N) is 1. The van der Waals surface area contributed by atoms with Gasteiger partial charge in [-0.15, -0.1) is 0 Å². The van der Waals surface area contributed by atoms with Crippen LogP contribution in [0.15, 0.2) is 23.1 Å². The highest BCUT2D eigenvalue weighted by Crippen LogP contribution is 2.28. The van der Waals surface area contributed by atoms with Crippen LogP contribution in [0.5, 0.6) is 5.75 Å². The molecule has 2 N–H and O–H groups in total. The number of ether oxygens (including phenoxy) is 1. The minimum atomic E-state index is -3.96. The Kier molecular flexibility index (Phi) is 5.64. The molecule has 0 aliphatic heterocycles. The van der Waals surface area contributed by atoms with E-state index in [0.29, 0.717) is 0 Å². The maximum Gasteiger partial charge on any atom is 0.273 e. The second kappa shape index (κ2) is 6.83. The van der Waals surface area contributed by atoms with E-state index in [2.05, 4.69) is 4.72 Å². The Hall–Kier alpha value is -1.71. The fourth-order valence-electron chi connectivity index (χ4n) is 1.64. The van der Waals surface area contributed by atoms with Gasteiger partial charge in [0.25, 0.3) is 5.69 Å². The molecule has 0 amide bonds. The number of nitrogens with zero attached hydrogens (tertiary/aromatic N) is 1. The Morgan fingerprint density at radius 3 is 2.48 bits per heavy atom. The molecule has 1 aromatic carbocycles. The van der Waals surface area contributed by atoms with Crippen molar-refractivity contribution in [3.8, 4) is 5.75 Å². The van der Waals surface area contributed by atoms with Crippen LogP contribution in [0.4, 0.5) is 5.69 Å². The lowest BCUT2D eigenvalue weighted by atomic mass is 10.1. The highest BCUT2D eigenvalue weighted by Gasteiger charge is 2.26. The van der Waals surface area contributed by atoms with E-state index in [1.54, 1.807) is 13.8 Å². The molecule has 0 aliphatic carbocycles. The highest BCUT2D eigenvalue weighted by molar-refractivity contribution is 7.89. The SMILES string of the molecule is COc1cc([N+](=O)[O-])ccc1S(=O)(=O)NC(CO)C(C)C. The number of hydrogen-bond acceptors (Lipinski definition) is 6. The van der Waals surface area contributed by atoms with Gasteiger partial charge < -0.3 is 9.84 Å². The van der Waals surface area contributed by atoms with Crippen molar-refractivity contribution in [3.05, 3.63) is 28.3 Å². The van der Waals surface area contributed by atoms with Crippen LogP contribution >= 0.6 is 0 Å². The highest BCUT2D eigenvalue weighted by atomic mass is 32.2. The molecule has 21 heavy (non-hydrogen) atoms. The first-order valence-corrected chi connectivity index (χ1v) is 7.67. The zero-order valence-corrected chi connectivity index (χ0v) is 12.8. The monoisotopic (exact) mass is 318 g/mol. The summed E-state index contributed by atoms with van der Waals surface area (Å²) in [5.41, 5.74) is -0.270. The molecule has 1 aromatic rings. The van der Waals surface area contributed by atoms with Gasteiger partial charge in [0.1, 0.15) is 10.6 Å². The van der Waals surface area contributed by atoms with Gasteiger partial charge in [0.05, 0.1) is 24.7 Å². The molecule has 118 valence electrons. The zero-order valence-electron chi connectivity index (χ0n) is 11.9. The van der Waals surface area contributed by atoms with Crippen LogP contribution < -0.4 is 9.46 Å². The van der Waals surface area contributed by atoms with E-state index in [1.807, 2.05) is 0 Å². The van der Waals surface area contributed by atoms with E-state index >= 15 is 0 Å². The van der Waals surface area contributed by atoms with Gasteiger partial charge in [0.2, 0.25) is 10.0 Å². The summed E-state index contributed by atoms with van der Waals surface area (Å²) in [7, 11) is -2.73. The molecule has 0 fully saturated rings. The first-order valence-electron chi connectivity index (χ1n) is 6.18. The van der Waals surface area contributed by atoms with Gasteiger partial charge in [-0.2, -0.15) is 0 Å². The number of sulfonamides is 1. The Morgan fingerprint density at radius 2 is 2.05 bits per heavy atom. The molecule has 0 aromatic heterocycles. The number of methoxy groups -OCH3 is 1. The molecular weight excluding hydrogens is 300 g/mol. The number of rotatable bonds is 7. The Morgan fingerprint density at radius 1 is 1.43 bits per heavy atom. The number of hydrogen-bond donors (Lipinski definition) is 2. The Bertz CT molecular complexity index is 614. The van der Waals surface area contributed by atoms with E-state index in [-0.39, 0.29) is 28.9 Å². The fraction of sp³-hybridized carbons (Fsp3) is 0.500. The lowest BCUT2D eigenvalue weighted by molar-refractivity contribution is -0.385. The largest absolute Gasteiger partial charge is 0.495 e. The second-order valence-electron chi connectivity index (χ2n) is 4.75. The molecule has 0 bridgehead atoms. The average molecular weight is 318 g/mol. The summed E-state index contributed by atoms with van der Waals surface area (Å²) in [6.45, 7) is 3.17. The molecule has 1 rings (SSSR count). The van der Waals surface area contributed by atoms with Crippen LogP contribution in [0.25, 0.3) is 0 Å². The van der Waals surface area contributed by atoms with Gasteiger partial charge in [-0.3, -0.25) is 10.1 Å². The summed E-state index contributed by atoms with van der Waals surface area (Å²) >= 11 is 0.